The van der Waals surface area contributed by atoms with E-state index in [-0.39, 0.29) is 18.7 Å². The molecule has 1 aliphatic rings. The molecule has 5 nitrogen and oxygen atoms in total. The Morgan fingerprint density at radius 1 is 1.62 bits per heavy atom. The lowest BCUT2D eigenvalue weighted by Gasteiger charge is -2.32. The Labute approximate surface area is 96.6 Å². The normalized spacial score (nSPS) is 30.6. The largest absolute Gasteiger partial charge is 0.444 e. The maximum absolute atomic E-state index is 11.8. The fraction of sp³-hybridized carbons (Fsp3) is 0.909. The molecule has 2 atom stereocenters. The molecule has 0 aromatic rings. The minimum Gasteiger partial charge on any atom is -0.444 e. The van der Waals surface area contributed by atoms with Gasteiger partial charge in [0.1, 0.15) is 5.60 Å². The second kappa shape index (κ2) is 4.22. The molecular formula is C11H22N2O3. The van der Waals surface area contributed by atoms with Crippen LogP contribution >= 0.6 is 0 Å². The zero-order valence-corrected chi connectivity index (χ0v) is 10.5. The number of carbonyl (C=O) groups is 1. The first kappa shape index (κ1) is 13.3. The molecule has 0 bridgehead atoms. The molecule has 16 heavy (non-hydrogen) atoms. The van der Waals surface area contributed by atoms with Crippen molar-refractivity contribution in [2.75, 3.05) is 13.2 Å². The number of likely N-dealkylation sites (tertiary alicyclic amines) is 1. The fourth-order valence-corrected chi connectivity index (χ4v) is 1.82. The van der Waals surface area contributed by atoms with E-state index in [9.17, 15) is 9.90 Å². The molecule has 0 spiro atoms. The van der Waals surface area contributed by atoms with E-state index in [1.54, 1.807) is 4.90 Å². The van der Waals surface area contributed by atoms with Crippen LogP contribution in [0, 0.1) is 0 Å². The van der Waals surface area contributed by atoms with Crippen molar-refractivity contribution in [3.63, 3.8) is 0 Å². The van der Waals surface area contributed by atoms with E-state index >= 15 is 0 Å². The first-order chi connectivity index (χ1) is 7.19. The van der Waals surface area contributed by atoms with Crippen molar-refractivity contribution in [1.29, 1.82) is 0 Å². The average Bonchev–Trinajstić information content (AvgIpc) is 2.42. The van der Waals surface area contributed by atoms with Crippen LogP contribution in [0.2, 0.25) is 0 Å². The second-order valence-corrected chi connectivity index (χ2v) is 5.49. The zero-order chi connectivity index (χ0) is 12.6. The number of aliphatic hydroxyl groups excluding tert-OH is 1. The van der Waals surface area contributed by atoms with Gasteiger partial charge in [0, 0.05) is 6.54 Å². The van der Waals surface area contributed by atoms with Crippen molar-refractivity contribution in [2.24, 2.45) is 5.73 Å². The number of ether oxygens (including phenoxy) is 1. The first-order valence-electron chi connectivity index (χ1n) is 5.59. The highest BCUT2D eigenvalue weighted by atomic mass is 16.6. The molecule has 1 amide bonds. The minimum absolute atomic E-state index is 0.118. The van der Waals surface area contributed by atoms with Crippen LogP contribution in [0.5, 0.6) is 0 Å². The van der Waals surface area contributed by atoms with Crippen LogP contribution in [0.15, 0.2) is 0 Å². The third kappa shape index (κ3) is 2.65. The van der Waals surface area contributed by atoms with Crippen LogP contribution in [0.4, 0.5) is 4.79 Å². The SMILES string of the molecule is CC1N(C(=O)OC(C)(C)C)CCC1(N)CO. The van der Waals surface area contributed by atoms with Gasteiger partial charge >= 0.3 is 6.09 Å². The van der Waals surface area contributed by atoms with E-state index in [0.29, 0.717) is 13.0 Å². The molecule has 0 radical (unpaired) electrons. The summed E-state index contributed by atoms with van der Waals surface area (Å²) < 4.78 is 5.28. The van der Waals surface area contributed by atoms with E-state index in [4.69, 9.17) is 10.5 Å². The molecule has 1 rings (SSSR count). The van der Waals surface area contributed by atoms with Gasteiger partial charge in [-0.2, -0.15) is 0 Å². The predicted molar refractivity (Wildman–Crippen MR) is 61.0 cm³/mol. The zero-order valence-electron chi connectivity index (χ0n) is 10.5. The highest BCUT2D eigenvalue weighted by molar-refractivity contribution is 5.69. The standard InChI is InChI=1S/C11H22N2O3/c1-8-11(12,7-14)5-6-13(8)9(15)16-10(2,3)4/h8,14H,5-7,12H2,1-4H3. The third-order valence-corrected chi connectivity index (χ3v) is 3.04. The van der Waals surface area contributed by atoms with Crippen molar-refractivity contribution < 1.29 is 14.6 Å². The number of amides is 1. The summed E-state index contributed by atoms with van der Waals surface area (Å²) >= 11 is 0. The van der Waals surface area contributed by atoms with Gasteiger partial charge in [-0.05, 0) is 34.1 Å². The van der Waals surface area contributed by atoms with E-state index in [1.807, 2.05) is 27.7 Å². The molecular weight excluding hydrogens is 208 g/mol. The van der Waals surface area contributed by atoms with E-state index < -0.39 is 11.1 Å². The summed E-state index contributed by atoms with van der Waals surface area (Å²) in [6.07, 6.45) is 0.241. The lowest BCUT2D eigenvalue weighted by Crippen LogP contribution is -2.54. The monoisotopic (exact) mass is 230 g/mol. The lowest BCUT2D eigenvalue weighted by atomic mass is 9.94. The Morgan fingerprint density at radius 3 is 2.56 bits per heavy atom. The number of hydrogen-bond acceptors (Lipinski definition) is 4. The summed E-state index contributed by atoms with van der Waals surface area (Å²) in [5.74, 6) is 0. The average molecular weight is 230 g/mol. The second-order valence-electron chi connectivity index (χ2n) is 5.49. The molecule has 1 saturated heterocycles. The summed E-state index contributed by atoms with van der Waals surface area (Å²) in [5, 5.41) is 9.22. The van der Waals surface area contributed by atoms with Gasteiger partial charge in [0.05, 0.1) is 18.2 Å². The number of aliphatic hydroxyl groups is 1. The van der Waals surface area contributed by atoms with Crippen LogP contribution < -0.4 is 5.73 Å². The molecule has 0 aliphatic carbocycles. The maximum atomic E-state index is 11.8. The number of nitrogens with two attached hydrogens (primary N) is 1. The Morgan fingerprint density at radius 2 is 2.19 bits per heavy atom. The molecule has 5 heteroatoms. The van der Waals surface area contributed by atoms with E-state index in [0.717, 1.165) is 0 Å². The van der Waals surface area contributed by atoms with Gasteiger partial charge in [-0.25, -0.2) is 4.79 Å². The molecule has 0 saturated carbocycles. The molecule has 1 heterocycles. The fourth-order valence-electron chi connectivity index (χ4n) is 1.82. The predicted octanol–water partition coefficient (Wildman–Crippen LogP) is 0.706. The van der Waals surface area contributed by atoms with Gasteiger partial charge in [-0.1, -0.05) is 0 Å². The van der Waals surface area contributed by atoms with E-state index in [2.05, 4.69) is 0 Å². The van der Waals surface area contributed by atoms with Gasteiger partial charge in [-0.15, -0.1) is 0 Å². The highest BCUT2D eigenvalue weighted by Crippen LogP contribution is 2.27. The Balaban J connectivity index is 2.67. The Bertz CT molecular complexity index is 275. The summed E-state index contributed by atoms with van der Waals surface area (Å²) in [6.45, 7) is 7.74. The molecule has 2 unspecified atom stereocenters. The minimum atomic E-state index is -0.698. The summed E-state index contributed by atoms with van der Waals surface area (Å²) in [4.78, 5) is 13.4. The van der Waals surface area contributed by atoms with Crippen LogP contribution in [0.1, 0.15) is 34.1 Å². The number of rotatable bonds is 1. The quantitative estimate of drug-likeness (QED) is 0.695. The van der Waals surface area contributed by atoms with Gasteiger partial charge in [-0.3, -0.25) is 0 Å². The van der Waals surface area contributed by atoms with Gasteiger partial charge in [0.25, 0.3) is 0 Å². The number of nitrogens with zero attached hydrogens (tertiary/aromatic N) is 1. The summed E-state index contributed by atoms with van der Waals surface area (Å²) in [6, 6.07) is -0.202. The lowest BCUT2D eigenvalue weighted by molar-refractivity contribution is 0.0198. The Hall–Kier alpha value is -0.810. The van der Waals surface area contributed by atoms with Gasteiger partial charge in [0.2, 0.25) is 0 Å². The van der Waals surface area contributed by atoms with Crippen LogP contribution in [-0.2, 0) is 4.74 Å². The number of carbonyl (C=O) groups excluding carboxylic acids is 1. The molecule has 0 aromatic carbocycles. The van der Waals surface area contributed by atoms with Crippen molar-refractivity contribution in [3.8, 4) is 0 Å². The van der Waals surface area contributed by atoms with Crippen LogP contribution in [0.3, 0.4) is 0 Å². The van der Waals surface area contributed by atoms with Gasteiger partial charge in [0.15, 0.2) is 0 Å². The number of hydrogen-bond donors (Lipinski definition) is 2. The topological polar surface area (TPSA) is 75.8 Å². The van der Waals surface area contributed by atoms with Crippen LogP contribution in [-0.4, -0.2) is 46.4 Å². The van der Waals surface area contributed by atoms with E-state index in [1.165, 1.54) is 0 Å². The molecule has 1 aliphatic heterocycles. The smallest absolute Gasteiger partial charge is 0.410 e. The van der Waals surface area contributed by atoms with Crippen molar-refractivity contribution in [2.45, 2.75) is 51.3 Å². The first-order valence-corrected chi connectivity index (χ1v) is 5.59. The van der Waals surface area contributed by atoms with Crippen molar-refractivity contribution >= 4 is 6.09 Å². The van der Waals surface area contributed by atoms with Gasteiger partial charge < -0.3 is 20.5 Å². The molecule has 3 N–H and O–H groups in total. The van der Waals surface area contributed by atoms with Crippen molar-refractivity contribution in [1.82, 2.24) is 4.90 Å². The Kier molecular flexibility index (Phi) is 3.50. The third-order valence-electron chi connectivity index (χ3n) is 3.04. The van der Waals surface area contributed by atoms with Crippen LogP contribution in [0.25, 0.3) is 0 Å². The highest BCUT2D eigenvalue weighted by Gasteiger charge is 2.44. The maximum Gasteiger partial charge on any atom is 0.410 e. The summed E-state index contributed by atoms with van der Waals surface area (Å²) in [5.41, 5.74) is 4.79. The van der Waals surface area contributed by atoms with Crippen molar-refractivity contribution in [3.05, 3.63) is 0 Å². The molecule has 94 valence electrons. The molecule has 0 aromatic heterocycles. The summed E-state index contributed by atoms with van der Waals surface area (Å²) in [7, 11) is 0. The molecule has 1 fully saturated rings.